The van der Waals surface area contributed by atoms with E-state index in [1.165, 1.54) is 6.20 Å². The number of likely N-dealkylation sites (tertiary alicyclic amines) is 1. The van der Waals surface area contributed by atoms with Crippen LogP contribution in [0.5, 0.6) is 0 Å². The zero-order valence-electron chi connectivity index (χ0n) is 11.7. The van der Waals surface area contributed by atoms with Crippen LogP contribution in [0.2, 0.25) is 5.02 Å². The monoisotopic (exact) mass is 295 g/mol. The van der Waals surface area contributed by atoms with Crippen LogP contribution < -0.4 is 0 Å². The predicted molar refractivity (Wildman–Crippen MR) is 76.6 cm³/mol. The molecule has 0 saturated carbocycles. The molecule has 0 radical (unpaired) electrons. The maximum Gasteiger partial charge on any atom is 0.256 e. The molecule has 5 nitrogen and oxygen atoms in total. The highest BCUT2D eigenvalue weighted by atomic mass is 35.5. The number of carbonyl (C=O) groups is 2. The minimum absolute atomic E-state index is 0.0124. The molecule has 2 heterocycles. The summed E-state index contributed by atoms with van der Waals surface area (Å²) >= 11 is 6.01. The van der Waals surface area contributed by atoms with Gasteiger partial charge in [-0.1, -0.05) is 11.6 Å². The van der Waals surface area contributed by atoms with Crippen LogP contribution in [0, 0.1) is 5.92 Å². The van der Waals surface area contributed by atoms with Gasteiger partial charge in [0.15, 0.2) is 0 Å². The van der Waals surface area contributed by atoms with E-state index in [1.807, 2.05) is 0 Å². The van der Waals surface area contributed by atoms with E-state index < -0.39 is 0 Å². The first kappa shape index (κ1) is 14.8. The molecular weight excluding hydrogens is 278 g/mol. The standard InChI is InChI=1S/C14H18ClN3O2/c1-17(2)13(19)10-4-7-18(8-5-10)14(20)11-9-16-6-3-12(11)15/h3,6,9-10H,4-5,7-8H2,1-2H3. The lowest BCUT2D eigenvalue weighted by molar-refractivity contribution is -0.134. The average molecular weight is 296 g/mol. The molecule has 6 heteroatoms. The maximum atomic E-state index is 12.3. The van der Waals surface area contributed by atoms with E-state index in [2.05, 4.69) is 4.98 Å². The lowest BCUT2D eigenvalue weighted by atomic mass is 9.95. The van der Waals surface area contributed by atoms with Gasteiger partial charge in [0.25, 0.3) is 5.91 Å². The van der Waals surface area contributed by atoms with Crippen molar-refractivity contribution in [3.05, 3.63) is 29.0 Å². The highest BCUT2D eigenvalue weighted by molar-refractivity contribution is 6.33. The summed E-state index contributed by atoms with van der Waals surface area (Å²) in [7, 11) is 3.52. The first-order valence-corrected chi connectivity index (χ1v) is 6.98. The SMILES string of the molecule is CN(C)C(=O)C1CCN(C(=O)c2cnccc2Cl)CC1. The number of pyridine rings is 1. The van der Waals surface area contributed by atoms with Crippen molar-refractivity contribution in [2.24, 2.45) is 5.92 Å². The Kier molecular flexibility index (Phi) is 4.60. The van der Waals surface area contributed by atoms with E-state index in [0.717, 1.165) is 0 Å². The molecule has 108 valence electrons. The van der Waals surface area contributed by atoms with Gasteiger partial charge in [-0.25, -0.2) is 0 Å². The van der Waals surface area contributed by atoms with Crippen LogP contribution >= 0.6 is 11.6 Å². The molecule has 0 spiro atoms. The van der Waals surface area contributed by atoms with Gasteiger partial charge in [-0.2, -0.15) is 0 Å². The molecule has 0 atom stereocenters. The van der Waals surface area contributed by atoms with Crippen LogP contribution in [0.3, 0.4) is 0 Å². The van der Waals surface area contributed by atoms with Crippen LogP contribution in [0.4, 0.5) is 0 Å². The molecule has 1 aliphatic heterocycles. The van der Waals surface area contributed by atoms with Gasteiger partial charge >= 0.3 is 0 Å². The molecule has 2 rings (SSSR count). The van der Waals surface area contributed by atoms with Crippen LogP contribution in [0.15, 0.2) is 18.5 Å². The van der Waals surface area contributed by atoms with Crippen molar-refractivity contribution < 1.29 is 9.59 Å². The second-order valence-electron chi connectivity index (χ2n) is 5.15. The number of nitrogens with zero attached hydrogens (tertiary/aromatic N) is 3. The van der Waals surface area contributed by atoms with E-state index in [0.29, 0.717) is 36.5 Å². The second kappa shape index (κ2) is 6.22. The van der Waals surface area contributed by atoms with Gasteiger partial charge < -0.3 is 9.80 Å². The van der Waals surface area contributed by atoms with Crippen molar-refractivity contribution in [3.63, 3.8) is 0 Å². The quantitative estimate of drug-likeness (QED) is 0.834. The van der Waals surface area contributed by atoms with Crippen molar-refractivity contribution >= 4 is 23.4 Å². The normalized spacial score (nSPS) is 16.1. The van der Waals surface area contributed by atoms with E-state index >= 15 is 0 Å². The Morgan fingerprint density at radius 2 is 2.00 bits per heavy atom. The summed E-state index contributed by atoms with van der Waals surface area (Å²) in [4.78, 5) is 31.5. The zero-order valence-corrected chi connectivity index (χ0v) is 12.4. The number of amides is 2. The Morgan fingerprint density at radius 3 is 2.55 bits per heavy atom. The van der Waals surface area contributed by atoms with Crippen molar-refractivity contribution in [2.45, 2.75) is 12.8 Å². The third kappa shape index (κ3) is 3.10. The highest BCUT2D eigenvalue weighted by Gasteiger charge is 2.29. The maximum absolute atomic E-state index is 12.3. The van der Waals surface area contributed by atoms with Gasteiger partial charge in [0.1, 0.15) is 0 Å². The summed E-state index contributed by atoms with van der Waals surface area (Å²) in [6.45, 7) is 1.16. The van der Waals surface area contributed by atoms with E-state index in [9.17, 15) is 9.59 Å². The topological polar surface area (TPSA) is 53.5 Å². The first-order chi connectivity index (χ1) is 9.50. The fourth-order valence-electron chi connectivity index (χ4n) is 2.40. The Labute approximate surface area is 123 Å². The van der Waals surface area contributed by atoms with Crippen LogP contribution in [-0.2, 0) is 4.79 Å². The number of aromatic nitrogens is 1. The van der Waals surface area contributed by atoms with Gasteiger partial charge in [0.05, 0.1) is 10.6 Å². The molecule has 0 aliphatic carbocycles. The van der Waals surface area contributed by atoms with E-state index in [1.54, 1.807) is 36.2 Å². The van der Waals surface area contributed by atoms with Gasteiger partial charge in [-0.05, 0) is 18.9 Å². The minimum Gasteiger partial charge on any atom is -0.349 e. The molecular formula is C14H18ClN3O2. The largest absolute Gasteiger partial charge is 0.349 e. The molecule has 20 heavy (non-hydrogen) atoms. The second-order valence-corrected chi connectivity index (χ2v) is 5.56. The molecule has 1 saturated heterocycles. The summed E-state index contributed by atoms with van der Waals surface area (Å²) < 4.78 is 0. The fraction of sp³-hybridized carbons (Fsp3) is 0.500. The summed E-state index contributed by atoms with van der Waals surface area (Å²) in [5, 5.41) is 0.413. The summed E-state index contributed by atoms with van der Waals surface area (Å²) in [6, 6.07) is 1.61. The highest BCUT2D eigenvalue weighted by Crippen LogP contribution is 2.22. The molecule has 1 aromatic rings. The van der Waals surface area contributed by atoms with Crippen LogP contribution in [0.1, 0.15) is 23.2 Å². The molecule has 0 unspecified atom stereocenters. The lowest BCUT2D eigenvalue weighted by Crippen LogP contribution is -2.42. The Morgan fingerprint density at radius 1 is 1.35 bits per heavy atom. The molecule has 1 aromatic heterocycles. The number of hydrogen-bond donors (Lipinski definition) is 0. The van der Waals surface area contributed by atoms with Gasteiger partial charge in [0.2, 0.25) is 5.91 Å². The smallest absolute Gasteiger partial charge is 0.256 e. The molecule has 1 aliphatic rings. The predicted octanol–water partition coefficient (Wildman–Crippen LogP) is 1.68. The number of hydrogen-bond acceptors (Lipinski definition) is 3. The van der Waals surface area contributed by atoms with E-state index in [4.69, 9.17) is 11.6 Å². The number of halogens is 1. The first-order valence-electron chi connectivity index (χ1n) is 6.60. The van der Waals surface area contributed by atoms with Crippen molar-refractivity contribution in [2.75, 3.05) is 27.2 Å². The lowest BCUT2D eigenvalue weighted by Gasteiger charge is -2.32. The van der Waals surface area contributed by atoms with Crippen molar-refractivity contribution in [1.82, 2.24) is 14.8 Å². The molecule has 1 fully saturated rings. The Hall–Kier alpha value is -1.62. The Balaban J connectivity index is 1.99. The third-order valence-corrected chi connectivity index (χ3v) is 3.90. The van der Waals surface area contributed by atoms with Gasteiger partial charge in [0, 0.05) is 45.5 Å². The summed E-state index contributed by atoms with van der Waals surface area (Å²) in [6.07, 6.45) is 4.43. The average Bonchev–Trinajstić information content (AvgIpc) is 2.46. The van der Waals surface area contributed by atoms with Crippen molar-refractivity contribution in [1.29, 1.82) is 0 Å². The zero-order chi connectivity index (χ0) is 14.7. The number of carbonyl (C=O) groups excluding carboxylic acids is 2. The Bertz CT molecular complexity index is 511. The van der Waals surface area contributed by atoms with Gasteiger partial charge in [-0.3, -0.25) is 14.6 Å². The molecule has 0 aromatic carbocycles. The van der Waals surface area contributed by atoms with Gasteiger partial charge in [-0.15, -0.1) is 0 Å². The molecule has 0 bridgehead atoms. The van der Waals surface area contributed by atoms with Crippen LogP contribution in [0.25, 0.3) is 0 Å². The summed E-state index contributed by atoms with van der Waals surface area (Å²) in [5.41, 5.74) is 0.423. The number of rotatable bonds is 2. The molecule has 2 amide bonds. The number of piperidine rings is 1. The van der Waals surface area contributed by atoms with Crippen LogP contribution in [-0.4, -0.2) is 53.8 Å². The van der Waals surface area contributed by atoms with E-state index in [-0.39, 0.29) is 17.7 Å². The minimum atomic E-state index is -0.112. The summed E-state index contributed by atoms with van der Waals surface area (Å²) in [5.74, 6) is 0.0359. The van der Waals surface area contributed by atoms with Crippen molar-refractivity contribution in [3.8, 4) is 0 Å². The third-order valence-electron chi connectivity index (χ3n) is 3.57. The fourth-order valence-corrected chi connectivity index (χ4v) is 2.59. The molecule has 0 N–H and O–H groups in total.